The summed E-state index contributed by atoms with van der Waals surface area (Å²) in [4.78, 5) is 9.54. The van der Waals surface area contributed by atoms with Crippen LogP contribution in [0.1, 0.15) is 27.7 Å². The van der Waals surface area contributed by atoms with Crippen molar-refractivity contribution in [1.82, 2.24) is 15.1 Å². The SMILES string of the molecule is CCNC(=NCCN(C)CC)N1CCSC(C(C)C)C1.I. The third-order valence-electron chi connectivity index (χ3n) is 3.75. The molecule has 6 heteroatoms. The van der Waals surface area contributed by atoms with E-state index in [0.717, 1.165) is 56.4 Å². The van der Waals surface area contributed by atoms with E-state index in [9.17, 15) is 0 Å². The van der Waals surface area contributed by atoms with Crippen LogP contribution in [0, 0.1) is 5.92 Å². The second kappa shape index (κ2) is 11.8. The van der Waals surface area contributed by atoms with Crippen molar-refractivity contribution in [3.05, 3.63) is 0 Å². The molecule has 0 saturated carbocycles. The van der Waals surface area contributed by atoms with Crippen molar-refractivity contribution in [2.45, 2.75) is 32.9 Å². The van der Waals surface area contributed by atoms with Crippen molar-refractivity contribution in [1.29, 1.82) is 0 Å². The van der Waals surface area contributed by atoms with Crippen LogP contribution in [0.3, 0.4) is 0 Å². The van der Waals surface area contributed by atoms with Crippen LogP contribution in [0.15, 0.2) is 4.99 Å². The summed E-state index contributed by atoms with van der Waals surface area (Å²) in [6, 6.07) is 0. The first kappa shape index (κ1) is 21.3. The Hall–Kier alpha value is 0.310. The van der Waals surface area contributed by atoms with Gasteiger partial charge in [-0.25, -0.2) is 0 Å². The molecule has 0 spiro atoms. The highest BCUT2D eigenvalue weighted by atomic mass is 127. The molecule has 1 fully saturated rings. The number of hydrogen-bond acceptors (Lipinski definition) is 3. The van der Waals surface area contributed by atoms with Crippen LogP contribution < -0.4 is 5.32 Å². The number of guanidine groups is 1. The number of aliphatic imine (C=N–C) groups is 1. The molecule has 4 nitrogen and oxygen atoms in total. The summed E-state index contributed by atoms with van der Waals surface area (Å²) in [6.45, 7) is 15.1. The molecule has 0 radical (unpaired) electrons. The van der Waals surface area contributed by atoms with E-state index in [1.54, 1.807) is 0 Å². The average Bonchev–Trinajstić information content (AvgIpc) is 2.46. The molecule has 0 bridgehead atoms. The third kappa shape index (κ3) is 7.93. The predicted octanol–water partition coefficient (Wildman–Crippen LogP) is 2.60. The molecule has 0 aromatic heterocycles. The van der Waals surface area contributed by atoms with Crippen molar-refractivity contribution in [3.8, 4) is 0 Å². The molecular weight excluding hydrogens is 395 g/mol. The summed E-state index contributed by atoms with van der Waals surface area (Å²) < 4.78 is 0. The van der Waals surface area contributed by atoms with Gasteiger partial charge in [-0.15, -0.1) is 24.0 Å². The minimum Gasteiger partial charge on any atom is -0.357 e. The lowest BCUT2D eigenvalue weighted by atomic mass is 10.1. The number of likely N-dealkylation sites (N-methyl/N-ethyl adjacent to an activating group) is 1. The van der Waals surface area contributed by atoms with E-state index in [2.05, 4.69) is 61.6 Å². The van der Waals surface area contributed by atoms with Gasteiger partial charge >= 0.3 is 0 Å². The molecule has 0 amide bonds. The van der Waals surface area contributed by atoms with Crippen LogP contribution in [0.25, 0.3) is 0 Å². The van der Waals surface area contributed by atoms with Gasteiger partial charge in [0, 0.05) is 37.2 Å². The minimum atomic E-state index is 0. The van der Waals surface area contributed by atoms with Crippen LogP contribution in [-0.2, 0) is 0 Å². The Bertz CT molecular complexity index is 299. The highest BCUT2D eigenvalue weighted by molar-refractivity contribution is 14.0. The Kier molecular flexibility index (Phi) is 12.0. The lowest BCUT2D eigenvalue weighted by Gasteiger charge is -2.36. The van der Waals surface area contributed by atoms with Gasteiger partial charge in [-0.05, 0) is 26.4 Å². The van der Waals surface area contributed by atoms with Gasteiger partial charge < -0.3 is 15.1 Å². The summed E-state index contributed by atoms with van der Waals surface area (Å²) in [5, 5.41) is 4.18. The van der Waals surface area contributed by atoms with Gasteiger partial charge in [0.2, 0.25) is 0 Å². The molecule has 1 saturated heterocycles. The van der Waals surface area contributed by atoms with Gasteiger partial charge in [0.25, 0.3) is 0 Å². The smallest absolute Gasteiger partial charge is 0.194 e. The Labute approximate surface area is 152 Å². The van der Waals surface area contributed by atoms with Gasteiger partial charge in [0.1, 0.15) is 0 Å². The fraction of sp³-hybridized carbons (Fsp3) is 0.933. The van der Waals surface area contributed by atoms with Gasteiger partial charge in [0.15, 0.2) is 5.96 Å². The first-order chi connectivity index (χ1) is 9.58. The second-order valence-electron chi connectivity index (χ2n) is 5.73. The van der Waals surface area contributed by atoms with Crippen molar-refractivity contribution in [2.75, 3.05) is 52.1 Å². The van der Waals surface area contributed by atoms with E-state index in [1.807, 2.05) is 0 Å². The number of hydrogen-bond donors (Lipinski definition) is 1. The Morgan fingerprint density at radius 3 is 2.71 bits per heavy atom. The van der Waals surface area contributed by atoms with E-state index in [4.69, 9.17) is 4.99 Å². The molecule has 1 unspecified atom stereocenters. The molecule has 0 aliphatic carbocycles. The quantitative estimate of drug-likeness (QED) is 0.400. The number of rotatable bonds is 6. The highest BCUT2D eigenvalue weighted by Crippen LogP contribution is 2.24. The number of nitrogens with one attached hydrogen (secondary N) is 1. The molecule has 0 aromatic rings. The van der Waals surface area contributed by atoms with E-state index >= 15 is 0 Å². The fourth-order valence-electron chi connectivity index (χ4n) is 2.18. The molecule has 1 atom stereocenters. The lowest BCUT2D eigenvalue weighted by molar-refractivity contribution is 0.357. The normalized spacial score (nSPS) is 19.9. The molecule has 1 rings (SSSR count). The van der Waals surface area contributed by atoms with Gasteiger partial charge in [-0.3, -0.25) is 4.99 Å². The zero-order valence-corrected chi connectivity index (χ0v) is 17.4. The molecule has 1 aliphatic heterocycles. The van der Waals surface area contributed by atoms with E-state index in [-0.39, 0.29) is 24.0 Å². The zero-order chi connectivity index (χ0) is 15.0. The van der Waals surface area contributed by atoms with Gasteiger partial charge in [0.05, 0.1) is 6.54 Å². The molecule has 1 heterocycles. The van der Waals surface area contributed by atoms with Gasteiger partial charge in [-0.1, -0.05) is 20.8 Å². The van der Waals surface area contributed by atoms with Crippen LogP contribution in [0.4, 0.5) is 0 Å². The highest BCUT2D eigenvalue weighted by Gasteiger charge is 2.24. The standard InChI is InChI=1S/C15H32N4S.HI/c1-6-16-15(17-8-9-18(5)7-2)19-10-11-20-14(12-19)13(3)4;/h13-14H,6-12H2,1-5H3,(H,16,17);1H. The maximum Gasteiger partial charge on any atom is 0.194 e. The Morgan fingerprint density at radius 2 is 2.14 bits per heavy atom. The number of nitrogens with zero attached hydrogens (tertiary/aromatic N) is 3. The van der Waals surface area contributed by atoms with Crippen LogP contribution in [0.2, 0.25) is 0 Å². The van der Waals surface area contributed by atoms with Gasteiger partial charge in [-0.2, -0.15) is 11.8 Å². The van der Waals surface area contributed by atoms with Crippen LogP contribution in [-0.4, -0.2) is 73.1 Å². The molecule has 0 aromatic carbocycles. The minimum absolute atomic E-state index is 0. The molecular formula is C15H33IN4S. The van der Waals surface area contributed by atoms with E-state index in [1.165, 1.54) is 5.75 Å². The molecule has 1 N–H and O–H groups in total. The largest absolute Gasteiger partial charge is 0.357 e. The monoisotopic (exact) mass is 428 g/mol. The topological polar surface area (TPSA) is 30.9 Å². The summed E-state index contributed by atoms with van der Waals surface area (Å²) in [5.74, 6) is 3.04. The third-order valence-corrected chi connectivity index (χ3v) is 5.29. The summed E-state index contributed by atoms with van der Waals surface area (Å²) in [6.07, 6.45) is 0. The molecule has 126 valence electrons. The van der Waals surface area contributed by atoms with Crippen molar-refractivity contribution in [3.63, 3.8) is 0 Å². The summed E-state index contributed by atoms with van der Waals surface area (Å²) in [5.41, 5.74) is 0. The van der Waals surface area contributed by atoms with Crippen molar-refractivity contribution in [2.24, 2.45) is 10.9 Å². The van der Waals surface area contributed by atoms with Crippen molar-refractivity contribution >= 4 is 41.7 Å². The average molecular weight is 428 g/mol. The Morgan fingerprint density at radius 1 is 1.43 bits per heavy atom. The first-order valence-corrected chi connectivity index (χ1v) is 8.96. The van der Waals surface area contributed by atoms with E-state index < -0.39 is 0 Å². The second-order valence-corrected chi connectivity index (χ2v) is 7.08. The summed E-state index contributed by atoms with van der Waals surface area (Å²) >= 11 is 2.11. The number of thioether (sulfide) groups is 1. The molecule has 1 aliphatic rings. The Balaban J connectivity index is 0.00000400. The maximum atomic E-state index is 4.80. The lowest BCUT2D eigenvalue weighted by Crippen LogP contribution is -2.49. The predicted molar refractivity (Wildman–Crippen MR) is 107 cm³/mol. The van der Waals surface area contributed by atoms with Crippen LogP contribution >= 0.6 is 35.7 Å². The fourth-order valence-corrected chi connectivity index (χ4v) is 3.48. The maximum absolute atomic E-state index is 4.80. The zero-order valence-electron chi connectivity index (χ0n) is 14.3. The van der Waals surface area contributed by atoms with Crippen molar-refractivity contribution < 1.29 is 0 Å². The number of halogens is 1. The van der Waals surface area contributed by atoms with E-state index in [0.29, 0.717) is 0 Å². The molecule has 21 heavy (non-hydrogen) atoms. The summed E-state index contributed by atoms with van der Waals surface area (Å²) in [7, 11) is 2.15. The first-order valence-electron chi connectivity index (χ1n) is 7.91. The van der Waals surface area contributed by atoms with Crippen LogP contribution in [0.5, 0.6) is 0 Å².